The highest BCUT2D eigenvalue weighted by Gasteiger charge is 2.28. The summed E-state index contributed by atoms with van der Waals surface area (Å²) in [6, 6.07) is 0. The predicted octanol–water partition coefficient (Wildman–Crippen LogP) is 15.0. The zero-order valence-electron chi connectivity index (χ0n) is 43.2. The summed E-state index contributed by atoms with van der Waals surface area (Å²) in [6.45, 7) is 4.08. The van der Waals surface area contributed by atoms with Crippen LogP contribution in [0.15, 0.2) is 134 Å². The van der Waals surface area contributed by atoms with E-state index in [2.05, 4.69) is 124 Å². The second-order valence-electron chi connectivity index (χ2n) is 16.5. The summed E-state index contributed by atoms with van der Waals surface area (Å²) in [4.78, 5) is 48.3. The molecule has 0 aliphatic rings. The largest absolute Gasteiger partial charge is 0.472 e. The molecule has 0 bridgehead atoms. The average Bonchev–Trinajstić information content (AvgIpc) is 3.35. The zero-order valence-corrected chi connectivity index (χ0v) is 44.1. The zero-order chi connectivity index (χ0) is 51.3. The number of rotatable bonds is 46. The van der Waals surface area contributed by atoms with Gasteiger partial charge in [0.15, 0.2) is 6.10 Å². The summed E-state index contributed by atoms with van der Waals surface area (Å²) in [5, 5.41) is 9.76. The lowest BCUT2D eigenvalue weighted by Gasteiger charge is -2.21. The van der Waals surface area contributed by atoms with Crippen LogP contribution in [0.4, 0.5) is 0 Å². The lowest BCUT2D eigenvalue weighted by Crippen LogP contribution is -2.30. The van der Waals surface area contributed by atoms with Crippen molar-refractivity contribution in [1.29, 1.82) is 0 Å². The molecule has 0 aromatic carbocycles. The average molecular weight is 995 g/mol. The van der Waals surface area contributed by atoms with Gasteiger partial charge in [0.2, 0.25) is 0 Å². The SMILES string of the molecule is CC/C=C\C/C=C\C/C=C\C/C=C\CCC(=O)OC(CO)COP(=O)(O)OCC(COC(=O)CCCCCCCCC/C=C\C/C=C\C/C=C\CC)OC(=O)CC/C=C\C/C=C\C/C=C\C/C=C\CC. The first-order chi connectivity index (χ1) is 34.2. The molecule has 12 heteroatoms. The van der Waals surface area contributed by atoms with Gasteiger partial charge in [-0.05, 0) is 103 Å². The molecule has 3 unspecified atom stereocenters. The van der Waals surface area contributed by atoms with Crippen LogP contribution in [0.2, 0.25) is 0 Å². The molecule has 0 saturated heterocycles. The number of ether oxygens (including phenoxy) is 3. The summed E-state index contributed by atoms with van der Waals surface area (Å²) in [5.41, 5.74) is 0. The van der Waals surface area contributed by atoms with Gasteiger partial charge < -0.3 is 24.2 Å². The molecule has 70 heavy (non-hydrogen) atoms. The number of carbonyl (C=O) groups excluding carboxylic acids is 3. The van der Waals surface area contributed by atoms with Gasteiger partial charge in [-0.1, -0.05) is 187 Å². The van der Waals surface area contributed by atoms with Crippen molar-refractivity contribution in [3.05, 3.63) is 134 Å². The maximum atomic E-state index is 12.8. The van der Waals surface area contributed by atoms with E-state index in [0.717, 1.165) is 103 Å². The summed E-state index contributed by atoms with van der Waals surface area (Å²) in [7, 11) is -4.79. The van der Waals surface area contributed by atoms with Gasteiger partial charge in [-0.2, -0.15) is 0 Å². The Labute approximate surface area is 423 Å². The molecule has 3 atom stereocenters. The van der Waals surface area contributed by atoms with E-state index in [1.54, 1.807) is 0 Å². The quantitative estimate of drug-likeness (QED) is 0.0197. The molecule has 394 valence electrons. The number of phosphoric ester groups is 1. The van der Waals surface area contributed by atoms with Crippen LogP contribution in [0.5, 0.6) is 0 Å². The molecule has 0 heterocycles. The van der Waals surface area contributed by atoms with Crippen molar-refractivity contribution in [3.8, 4) is 0 Å². The van der Waals surface area contributed by atoms with E-state index in [9.17, 15) is 28.9 Å². The summed E-state index contributed by atoms with van der Waals surface area (Å²) >= 11 is 0. The van der Waals surface area contributed by atoms with Gasteiger partial charge in [0.25, 0.3) is 0 Å². The third-order valence-electron chi connectivity index (χ3n) is 10.1. The highest BCUT2D eigenvalue weighted by molar-refractivity contribution is 7.47. The van der Waals surface area contributed by atoms with Gasteiger partial charge in [-0.25, -0.2) is 4.57 Å². The standard InChI is InChI=1S/C58H91O11P/c1-4-7-10-13-16-19-22-25-26-27-28-31-32-35-38-41-44-47-56(60)65-51-55(69-58(62)49-46-43-40-37-34-30-24-21-18-15-12-9-6-3)53-67-70(63,64)66-52-54(50-59)68-57(61)48-45-42-39-36-33-29-23-20-17-14-11-8-5-2/h7-12,16-21,25-26,29-30,33-34,39-40,42-43,54-55,59H,4-6,13-15,22-24,27-28,31-32,35-38,41,44-53H2,1-3H3,(H,63,64)/b10-7-,11-8-,12-9-,19-16-,20-17-,21-18-,26-25-,33-29-,34-30-,42-39-,43-40-. The van der Waals surface area contributed by atoms with Crippen molar-refractivity contribution in [2.24, 2.45) is 0 Å². The minimum Gasteiger partial charge on any atom is -0.462 e. The molecule has 0 amide bonds. The van der Waals surface area contributed by atoms with Crippen molar-refractivity contribution in [3.63, 3.8) is 0 Å². The Morgan fingerprint density at radius 3 is 1.13 bits per heavy atom. The normalized spacial score (nSPS) is 14.5. The Morgan fingerprint density at radius 2 is 0.729 bits per heavy atom. The highest BCUT2D eigenvalue weighted by Crippen LogP contribution is 2.43. The van der Waals surface area contributed by atoms with Gasteiger partial charge in [0.05, 0.1) is 19.8 Å². The number of phosphoric acid groups is 1. The van der Waals surface area contributed by atoms with Crippen LogP contribution < -0.4 is 0 Å². The van der Waals surface area contributed by atoms with Gasteiger partial charge in [-0.3, -0.25) is 23.4 Å². The monoisotopic (exact) mass is 995 g/mol. The summed E-state index contributed by atoms with van der Waals surface area (Å²) < 4.78 is 39.2. The molecule has 0 radical (unpaired) electrons. The van der Waals surface area contributed by atoms with Crippen LogP contribution in [0.25, 0.3) is 0 Å². The summed E-state index contributed by atoms with van der Waals surface area (Å²) in [5.74, 6) is -1.68. The summed E-state index contributed by atoms with van der Waals surface area (Å²) in [6.07, 6.45) is 63.2. The van der Waals surface area contributed by atoms with E-state index in [1.807, 2.05) is 30.4 Å². The van der Waals surface area contributed by atoms with Crippen molar-refractivity contribution < 1.29 is 52.2 Å². The first kappa shape index (κ1) is 65.6. The van der Waals surface area contributed by atoms with Crippen molar-refractivity contribution in [1.82, 2.24) is 0 Å². The third kappa shape index (κ3) is 48.6. The van der Waals surface area contributed by atoms with Gasteiger partial charge in [0.1, 0.15) is 12.7 Å². The minimum atomic E-state index is -4.79. The number of aliphatic hydroxyl groups is 1. The minimum absolute atomic E-state index is 0.0313. The van der Waals surface area contributed by atoms with Crippen LogP contribution in [0.1, 0.15) is 175 Å². The second-order valence-corrected chi connectivity index (χ2v) is 18.0. The topological polar surface area (TPSA) is 155 Å². The molecule has 0 aliphatic carbocycles. The number of carbonyl (C=O) groups is 3. The van der Waals surface area contributed by atoms with Crippen LogP contribution >= 0.6 is 7.82 Å². The van der Waals surface area contributed by atoms with Crippen LogP contribution in [-0.2, 0) is 42.2 Å². The van der Waals surface area contributed by atoms with Crippen LogP contribution in [0, 0.1) is 0 Å². The number of hydrogen-bond acceptors (Lipinski definition) is 10. The van der Waals surface area contributed by atoms with Crippen LogP contribution in [0.3, 0.4) is 0 Å². The third-order valence-corrected chi connectivity index (χ3v) is 11.0. The van der Waals surface area contributed by atoms with E-state index in [4.69, 9.17) is 23.3 Å². The lowest BCUT2D eigenvalue weighted by molar-refractivity contribution is -0.161. The molecule has 0 aromatic heterocycles. The molecule has 0 aliphatic heterocycles. The molecule has 0 spiro atoms. The Bertz CT molecular complexity index is 1680. The van der Waals surface area contributed by atoms with Gasteiger partial charge >= 0.3 is 25.7 Å². The fraction of sp³-hybridized carbons (Fsp3) is 0.569. The first-order valence-electron chi connectivity index (χ1n) is 26.1. The molecule has 0 aromatic rings. The molecule has 2 N–H and O–H groups in total. The number of aliphatic hydroxyl groups excluding tert-OH is 1. The van der Waals surface area contributed by atoms with Crippen molar-refractivity contribution >= 4 is 25.7 Å². The Kier molecular flexibility index (Phi) is 47.8. The Hall–Kier alpha value is -4.38. The van der Waals surface area contributed by atoms with E-state index in [0.29, 0.717) is 25.7 Å². The predicted molar refractivity (Wildman–Crippen MR) is 288 cm³/mol. The first-order valence-corrected chi connectivity index (χ1v) is 27.6. The van der Waals surface area contributed by atoms with Crippen molar-refractivity contribution in [2.45, 2.75) is 187 Å². The van der Waals surface area contributed by atoms with E-state index < -0.39 is 57.8 Å². The molecule has 0 saturated carbocycles. The highest BCUT2D eigenvalue weighted by atomic mass is 31.2. The molecular formula is C58H91O11P. The molecular weight excluding hydrogens is 904 g/mol. The van der Waals surface area contributed by atoms with E-state index in [1.165, 1.54) is 6.42 Å². The molecule has 11 nitrogen and oxygen atoms in total. The Balaban J connectivity index is 4.90. The maximum Gasteiger partial charge on any atom is 0.472 e. The number of allylic oxidation sites excluding steroid dienone is 22. The smallest absolute Gasteiger partial charge is 0.462 e. The maximum absolute atomic E-state index is 12.8. The van der Waals surface area contributed by atoms with Crippen LogP contribution in [-0.4, -0.2) is 66.5 Å². The van der Waals surface area contributed by atoms with Gasteiger partial charge in [0, 0.05) is 19.3 Å². The second kappa shape index (κ2) is 51.0. The number of unbranched alkanes of at least 4 members (excludes halogenated alkanes) is 7. The lowest BCUT2D eigenvalue weighted by atomic mass is 10.1. The van der Waals surface area contributed by atoms with Crippen molar-refractivity contribution in [2.75, 3.05) is 26.4 Å². The number of hydrogen-bond donors (Lipinski definition) is 2. The van der Waals surface area contributed by atoms with E-state index >= 15 is 0 Å². The van der Waals surface area contributed by atoms with Gasteiger partial charge in [-0.15, -0.1) is 0 Å². The molecule has 0 rings (SSSR count). The van der Waals surface area contributed by atoms with E-state index in [-0.39, 0.29) is 25.9 Å². The number of esters is 3. The molecule has 0 fully saturated rings. The fourth-order valence-electron chi connectivity index (χ4n) is 6.22. The fourth-order valence-corrected chi connectivity index (χ4v) is 7.00. The Morgan fingerprint density at radius 1 is 0.400 bits per heavy atom.